The van der Waals surface area contributed by atoms with Gasteiger partial charge in [0.1, 0.15) is 0 Å². The van der Waals surface area contributed by atoms with Crippen molar-refractivity contribution >= 4 is 16.0 Å². The van der Waals surface area contributed by atoms with Crippen molar-refractivity contribution in [2.45, 2.75) is 26.2 Å². The highest BCUT2D eigenvalue weighted by Crippen LogP contribution is 2.32. The summed E-state index contributed by atoms with van der Waals surface area (Å²) in [7, 11) is -3.18. The largest absolute Gasteiger partial charge is 0.481 e. The molecule has 0 bridgehead atoms. The SMILES string of the molecule is C=CC(C)(CC1CCCN(S(C)(=O)=O)C1)C(=O)O. The molecule has 2 atom stereocenters. The first-order valence-electron chi connectivity index (χ1n) is 6.01. The summed E-state index contributed by atoms with van der Waals surface area (Å²) in [6, 6.07) is 0. The zero-order chi connectivity index (χ0) is 14.0. The summed E-state index contributed by atoms with van der Waals surface area (Å²) >= 11 is 0. The zero-order valence-electron chi connectivity index (χ0n) is 10.9. The maximum atomic E-state index is 11.5. The van der Waals surface area contributed by atoms with Gasteiger partial charge in [0.25, 0.3) is 0 Å². The third-order valence-corrected chi connectivity index (χ3v) is 4.87. The monoisotopic (exact) mass is 275 g/mol. The van der Waals surface area contributed by atoms with Gasteiger partial charge in [-0.3, -0.25) is 4.79 Å². The Labute approximate surface area is 109 Å². The average Bonchev–Trinajstić information content (AvgIpc) is 2.28. The molecule has 1 heterocycles. The standard InChI is InChI=1S/C12H21NO4S/c1-4-12(2,11(14)15)8-10-6-5-7-13(9-10)18(3,16)17/h4,10H,1,5-9H2,2-3H3,(H,14,15). The van der Waals surface area contributed by atoms with E-state index in [1.807, 2.05) is 0 Å². The van der Waals surface area contributed by atoms with E-state index >= 15 is 0 Å². The third kappa shape index (κ3) is 3.55. The first kappa shape index (κ1) is 15.2. The van der Waals surface area contributed by atoms with E-state index in [1.165, 1.54) is 16.6 Å². The Hall–Kier alpha value is -0.880. The molecule has 0 spiro atoms. The van der Waals surface area contributed by atoms with Crippen LogP contribution in [0.25, 0.3) is 0 Å². The van der Waals surface area contributed by atoms with Crippen molar-refractivity contribution < 1.29 is 18.3 Å². The van der Waals surface area contributed by atoms with Gasteiger partial charge in [-0.15, -0.1) is 6.58 Å². The summed E-state index contributed by atoms with van der Waals surface area (Å²) in [4.78, 5) is 11.2. The molecule has 104 valence electrons. The lowest BCUT2D eigenvalue weighted by molar-refractivity contribution is -0.146. The molecule has 1 aliphatic heterocycles. The van der Waals surface area contributed by atoms with Gasteiger partial charge in [0.15, 0.2) is 0 Å². The highest BCUT2D eigenvalue weighted by Gasteiger charge is 2.35. The lowest BCUT2D eigenvalue weighted by Gasteiger charge is -2.34. The second-order valence-electron chi connectivity index (χ2n) is 5.26. The second kappa shape index (κ2) is 5.40. The molecule has 1 rings (SSSR count). The molecule has 0 amide bonds. The number of piperidine rings is 1. The van der Waals surface area contributed by atoms with Gasteiger partial charge >= 0.3 is 5.97 Å². The van der Waals surface area contributed by atoms with Crippen LogP contribution in [-0.4, -0.2) is 43.1 Å². The number of carboxylic acid groups (broad SMARTS) is 1. The zero-order valence-corrected chi connectivity index (χ0v) is 11.7. The lowest BCUT2D eigenvalue weighted by atomic mass is 9.78. The van der Waals surface area contributed by atoms with Crippen molar-refractivity contribution in [3.8, 4) is 0 Å². The van der Waals surface area contributed by atoms with Gasteiger partial charge in [-0.2, -0.15) is 0 Å². The van der Waals surface area contributed by atoms with E-state index in [9.17, 15) is 18.3 Å². The van der Waals surface area contributed by atoms with E-state index in [1.54, 1.807) is 6.92 Å². The summed E-state index contributed by atoms with van der Waals surface area (Å²) in [5, 5.41) is 9.19. The molecular formula is C12H21NO4S. The topological polar surface area (TPSA) is 74.7 Å². The van der Waals surface area contributed by atoms with Crippen LogP contribution in [0.4, 0.5) is 0 Å². The van der Waals surface area contributed by atoms with Crippen molar-refractivity contribution in [1.29, 1.82) is 0 Å². The molecule has 0 aromatic rings. The molecular weight excluding hydrogens is 254 g/mol. The number of hydrogen-bond donors (Lipinski definition) is 1. The van der Waals surface area contributed by atoms with Crippen LogP contribution in [0.1, 0.15) is 26.2 Å². The van der Waals surface area contributed by atoms with Gasteiger partial charge in [0.05, 0.1) is 11.7 Å². The van der Waals surface area contributed by atoms with Crippen LogP contribution in [0.2, 0.25) is 0 Å². The number of sulfonamides is 1. The summed E-state index contributed by atoms with van der Waals surface area (Å²) in [6.07, 6.45) is 4.71. The van der Waals surface area contributed by atoms with Gasteiger partial charge in [0.2, 0.25) is 10.0 Å². The number of rotatable bonds is 5. The fourth-order valence-corrected chi connectivity index (χ4v) is 3.29. The number of carbonyl (C=O) groups is 1. The van der Waals surface area contributed by atoms with Crippen LogP contribution in [0.15, 0.2) is 12.7 Å². The Morgan fingerprint density at radius 1 is 1.61 bits per heavy atom. The van der Waals surface area contributed by atoms with Crippen LogP contribution < -0.4 is 0 Å². The molecule has 0 radical (unpaired) electrons. The van der Waals surface area contributed by atoms with Crippen LogP contribution in [-0.2, 0) is 14.8 Å². The minimum Gasteiger partial charge on any atom is -0.481 e. The highest BCUT2D eigenvalue weighted by atomic mass is 32.2. The molecule has 2 unspecified atom stereocenters. The summed E-state index contributed by atoms with van der Waals surface area (Å²) in [6.45, 7) is 6.15. The minimum absolute atomic E-state index is 0.0765. The summed E-state index contributed by atoms with van der Waals surface area (Å²) in [5.74, 6) is -0.832. The van der Waals surface area contributed by atoms with Gasteiger partial charge in [-0.1, -0.05) is 6.08 Å². The first-order chi connectivity index (χ1) is 8.19. The van der Waals surface area contributed by atoms with Crippen molar-refractivity contribution in [2.75, 3.05) is 19.3 Å². The number of nitrogens with zero attached hydrogens (tertiary/aromatic N) is 1. The first-order valence-corrected chi connectivity index (χ1v) is 7.86. The molecule has 0 aromatic carbocycles. The fraction of sp³-hybridized carbons (Fsp3) is 0.750. The Morgan fingerprint density at radius 2 is 2.22 bits per heavy atom. The van der Waals surface area contributed by atoms with Gasteiger partial charge in [-0.25, -0.2) is 12.7 Å². The molecule has 0 aromatic heterocycles. The molecule has 18 heavy (non-hydrogen) atoms. The summed E-state index contributed by atoms with van der Waals surface area (Å²) < 4.78 is 24.4. The number of hydrogen-bond acceptors (Lipinski definition) is 3. The van der Waals surface area contributed by atoms with Crippen molar-refractivity contribution in [3.63, 3.8) is 0 Å². The number of aliphatic carboxylic acids is 1. The van der Waals surface area contributed by atoms with Crippen LogP contribution in [0.3, 0.4) is 0 Å². The van der Waals surface area contributed by atoms with E-state index in [4.69, 9.17) is 0 Å². The molecule has 1 aliphatic rings. The van der Waals surface area contributed by atoms with Crippen LogP contribution in [0, 0.1) is 11.3 Å². The van der Waals surface area contributed by atoms with Gasteiger partial charge < -0.3 is 5.11 Å². The molecule has 1 saturated heterocycles. The normalized spacial score (nSPS) is 25.3. The van der Waals surface area contributed by atoms with Crippen molar-refractivity contribution in [1.82, 2.24) is 4.31 Å². The maximum Gasteiger partial charge on any atom is 0.313 e. The van der Waals surface area contributed by atoms with E-state index < -0.39 is 21.4 Å². The molecule has 1 N–H and O–H groups in total. The van der Waals surface area contributed by atoms with Gasteiger partial charge in [0, 0.05) is 13.1 Å². The third-order valence-electron chi connectivity index (χ3n) is 3.60. The van der Waals surface area contributed by atoms with Crippen molar-refractivity contribution in [3.05, 3.63) is 12.7 Å². The molecule has 1 fully saturated rings. The van der Waals surface area contributed by atoms with Crippen molar-refractivity contribution in [2.24, 2.45) is 11.3 Å². The Balaban J connectivity index is 2.74. The van der Waals surface area contributed by atoms with Crippen LogP contribution in [0.5, 0.6) is 0 Å². The second-order valence-corrected chi connectivity index (χ2v) is 7.24. The Kier molecular flexibility index (Phi) is 4.55. The van der Waals surface area contributed by atoms with E-state index in [0.29, 0.717) is 19.5 Å². The predicted molar refractivity (Wildman–Crippen MR) is 69.7 cm³/mol. The van der Waals surface area contributed by atoms with Crippen LogP contribution >= 0.6 is 0 Å². The quantitative estimate of drug-likeness (QED) is 0.768. The predicted octanol–water partition coefficient (Wildman–Crippen LogP) is 1.33. The molecule has 0 saturated carbocycles. The van der Waals surface area contributed by atoms with E-state index in [-0.39, 0.29) is 5.92 Å². The maximum absolute atomic E-state index is 11.5. The van der Waals surface area contributed by atoms with E-state index in [0.717, 1.165) is 12.8 Å². The summed E-state index contributed by atoms with van der Waals surface area (Å²) in [5.41, 5.74) is -0.981. The highest BCUT2D eigenvalue weighted by molar-refractivity contribution is 7.88. The molecule has 6 heteroatoms. The average molecular weight is 275 g/mol. The fourth-order valence-electron chi connectivity index (χ4n) is 2.35. The Morgan fingerprint density at radius 3 is 2.67 bits per heavy atom. The number of carboxylic acids is 1. The Bertz CT molecular complexity index is 431. The minimum atomic E-state index is -3.18. The van der Waals surface area contributed by atoms with E-state index in [2.05, 4.69) is 6.58 Å². The van der Waals surface area contributed by atoms with Gasteiger partial charge in [-0.05, 0) is 32.1 Å². The smallest absolute Gasteiger partial charge is 0.313 e. The lowest BCUT2D eigenvalue weighted by Crippen LogP contribution is -2.41. The molecule has 5 nitrogen and oxygen atoms in total. The molecule has 0 aliphatic carbocycles.